The summed E-state index contributed by atoms with van der Waals surface area (Å²) in [6, 6.07) is 14.9. The van der Waals surface area contributed by atoms with Crippen LogP contribution in [0.5, 0.6) is 5.75 Å². The zero-order chi connectivity index (χ0) is 20.5. The highest BCUT2D eigenvalue weighted by atomic mass is 16.5. The summed E-state index contributed by atoms with van der Waals surface area (Å²) < 4.78 is 5.23. The van der Waals surface area contributed by atoms with Crippen LogP contribution < -0.4 is 4.74 Å². The van der Waals surface area contributed by atoms with Crippen molar-refractivity contribution in [2.75, 3.05) is 13.7 Å². The molecular weight excluding hydrogens is 364 g/mol. The maximum absolute atomic E-state index is 13.4. The minimum Gasteiger partial charge on any atom is -0.497 e. The molecule has 0 aromatic heterocycles. The molecule has 29 heavy (non-hydrogen) atoms. The highest BCUT2D eigenvalue weighted by Gasteiger charge is 2.48. The van der Waals surface area contributed by atoms with Crippen LogP contribution in [0.25, 0.3) is 0 Å². The second kappa shape index (κ2) is 7.90. The minimum atomic E-state index is -0.569. The van der Waals surface area contributed by atoms with E-state index >= 15 is 0 Å². The third-order valence-electron chi connectivity index (χ3n) is 6.08. The molecule has 2 unspecified atom stereocenters. The van der Waals surface area contributed by atoms with Crippen molar-refractivity contribution in [1.29, 1.82) is 0 Å². The lowest BCUT2D eigenvalue weighted by Gasteiger charge is -2.42. The van der Waals surface area contributed by atoms with Gasteiger partial charge in [-0.2, -0.15) is 0 Å². The Hall–Kier alpha value is -2.82. The Morgan fingerprint density at radius 1 is 1.00 bits per heavy atom. The van der Waals surface area contributed by atoms with Gasteiger partial charge in [0.2, 0.25) is 5.91 Å². The summed E-state index contributed by atoms with van der Waals surface area (Å²) in [6.07, 6.45) is 1.64. The first kappa shape index (κ1) is 19.5. The van der Waals surface area contributed by atoms with Crippen LogP contribution in [-0.2, 0) is 16.1 Å². The van der Waals surface area contributed by atoms with Crippen molar-refractivity contribution < 1.29 is 14.3 Å². The number of carbonyl (C=O) groups excluding carboxylic acids is 2. The molecule has 2 aromatic rings. The molecule has 0 aliphatic carbocycles. The normalized spacial score (nSPS) is 21.7. The number of amides is 2. The monoisotopic (exact) mass is 392 g/mol. The molecule has 2 heterocycles. The highest BCUT2D eigenvalue weighted by Crippen LogP contribution is 2.36. The number of rotatable bonds is 5. The van der Waals surface area contributed by atoms with Gasteiger partial charge < -0.3 is 14.5 Å². The Morgan fingerprint density at radius 2 is 1.69 bits per heavy atom. The van der Waals surface area contributed by atoms with Gasteiger partial charge in [0.15, 0.2) is 0 Å². The largest absolute Gasteiger partial charge is 0.497 e. The van der Waals surface area contributed by atoms with E-state index in [9.17, 15) is 9.59 Å². The lowest BCUT2D eigenvalue weighted by atomic mass is 9.94. The summed E-state index contributed by atoms with van der Waals surface area (Å²) in [7, 11) is 1.63. The Morgan fingerprint density at radius 3 is 2.31 bits per heavy atom. The smallest absolute Gasteiger partial charge is 0.250 e. The number of piperazine rings is 1. The summed E-state index contributed by atoms with van der Waals surface area (Å²) in [5.74, 6) is 1.29. The Balaban J connectivity index is 1.69. The molecule has 0 radical (unpaired) electrons. The number of fused-ring (bicyclic) bond motifs is 1. The fourth-order valence-electron chi connectivity index (χ4n) is 4.38. The van der Waals surface area contributed by atoms with Crippen LogP contribution in [-0.4, -0.2) is 41.3 Å². The van der Waals surface area contributed by atoms with Gasteiger partial charge in [-0.15, -0.1) is 0 Å². The molecule has 0 bridgehead atoms. The number of hydrogen-bond acceptors (Lipinski definition) is 3. The predicted molar refractivity (Wildman–Crippen MR) is 112 cm³/mol. The molecule has 0 N–H and O–H groups in total. The predicted octanol–water partition coefficient (Wildman–Crippen LogP) is 3.89. The topological polar surface area (TPSA) is 49.9 Å². The Kier molecular flexibility index (Phi) is 5.31. The molecule has 2 aliphatic heterocycles. The fraction of sp³-hybridized carbons (Fsp3) is 0.417. The number of benzene rings is 2. The lowest BCUT2D eigenvalue weighted by Crippen LogP contribution is -2.58. The van der Waals surface area contributed by atoms with Crippen molar-refractivity contribution in [2.24, 2.45) is 0 Å². The zero-order valence-electron chi connectivity index (χ0n) is 17.3. The van der Waals surface area contributed by atoms with E-state index in [-0.39, 0.29) is 17.9 Å². The number of nitrogens with zero attached hydrogens (tertiary/aromatic N) is 2. The number of ether oxygens (including phenoxy) is 1. The van der Waals surface area contributed by atoms with E-state index in [0.717, 1.165) is 29.7 Å². The van der Waals surface area contributed by atoms with Crippen LogP contribution in [0.15, 0.2) is 48.5 Å². The second-order valence-corrected chi connectivity index (χ2v) is 8.23. The first-order valence-electron chi connectivity index (χ1n) is 10.3. The van der Waals surface area contributed by atoms with Gasteiger partial charge in [0.25, 0.3) is 5.91 Å². The molecule has 0 saturated carbocycles. The molecule has 152 valence electrons. The summed E-state index contributed by atoms with van der Waals surface area (Å²) in [5.41, 5.74) is 3.10. The van der Waals surface area contributed by atoms with Crippen molar-refractivity contribution in [2.45, 2.75) is 51.2 Å². The standard InChI is InChI=1S/C24H28N2O3/c1-16(2)18-8-10-19(11-9-18)22-24(28)25-14-4-5-21(25)23(27)26(22)15-17-6-12-20(29-3)13-7-17/h6-13,16,21-22H,4-5,14-15H2,1-3H3. The summed E-state index contributed by atoms with van der Waals surface area (Å²) in [4.78, 5) is 30.3. The quantitative estimate of drug-likeness (QED) is 0.776. The first-order valence-corrected chi connectivity index (χ1v) is 10.3. The fourth-order valence-corrected chi connectivity index (χ4v) is 4.38. The summed E-state index contributed by atoms with van der Waals surface area (Å²) in [5, 5.41) is 0. The minimum absolute atomic E-state index is 0.0397. The van der Waals surface area contributed by atoms with Crippen molar-refractivity contribution in [3.8, 4) is 5.75 Å². The van der Waals surface area contributed by atoms with E-state index in [4.69, 9.17) is 4.74 Å². The van der Waals surface area contributed by atoms with E-state index in [1.54, 1.807) is 16.9 Å². The van der Waals surface area contributed by atoms with E-state index in [1.807, 2.05) is 36.4 Å². The van der Waals surface area contributed by atoms with Crippen molar-refractivity contribution in [3.05, 3.63) is 65.2 Å². The molecule has 2 fully saturated rings. The molecule has 2 amide bonds. The molecule has 2 aromatic carbocycles. The molecule has 0 spiro atoms. The molecule has 2 aliphatic rings. The van der Waals surface area contributed by atoms with Gasteiger partial charge in [-0.05, 0) is 47.6 Å². The van der Waals surface area contributed by atoms with E-state index < -0.39 is 6.04 Å². The Bertz CT molecular complexity index is 889. The summed E-state index contributed by atoms with van der Waals surface area (Å²) in [6.45, 7) is 5.38. The molecule has 5 nitrogen and oxygen atoms in total. The van der Waals surface area contributed by atoms with Crippen molar-refractivity contribution >= 4 is 11.8 Å². The van der Waals surface area contributed by atoms with Crippen LogP contribution in [0.4, 0.5) is 0 Å². The molecular formula is C24H28N2O3. The summed E-state index contributed by atoms with van der Waals surface area (Å²) >= 11 is 0. The van der Waals surface area contributed by atoms with Crippen LogP contribution in [0, 0.1) is 0 Å². The van der Waals surface area contributed by atoms with Crippen LogP contribution >= 0.6 is 0 Å². The van der Waals surface area contributed by atoms with Gasteiger partial charge in [0, 0.05) is 13.1 Å². The maximum atomic E-state index is 13.4. The van der Waals surface area contributed by atoms with Crippen molar-refractivity contribution in [3.63, 3.8) is 0 Å². The SMILES string of the molecule is COc1ccc(CN2C(=O)C3CCCN3C(=O)C2c2ccc(C(C)C)cc2)cc1. The van der Waals surface area contributed by atoms with Crippen LogP contribution in [0.2, 0.25) is 0 Å². The van der Waals surface area contributed by atoms with Crippen LogP contribution in [0.3, 0.4) is 0 Å². The molecule has 5 heteroatoms. The van der Waals surface area contributed by atoms with Gasteiger partial charge in [0.05, 0.1) is 7.11 Å². The van der Waals surface area contributed by atoms with Gasteiger partial charge in [-0.1, -0.05) is 50.2 Å². The number of carbonyl (C=O) groups is 2. The average molecular weight is 392 g/mol. The maximum Gasteiger partial charge on any atom is 0.250 e. The van der Waals surface area contributed by atoms with Crippen LogP contribution in [0.1, 0.15) is 55.3 Å². The lowest BCUT2D eigenvalue weighted by molar-refractivity contribution is -0.160. The zero-order valence-corrected chi connectivity index (χ0v) is 17.3. The molecule has 4 rings (SSSR count). The highest BCUT2D eigenvalue weighted by molar-refractivity contribution is 5.98. The number of methoxy groups -OCH3 is 1. The second-order valence-electron chi connectivity index (χ2n) is 8.23. The molecule has 2 saturated heterocycles. The van der Waals surface area contributed by atoms with Gasteiger partial charge in [-0.3, -0.25) is 9.59 Å². The first-order chi connectivity index (χ1) is 14.0. The van der Waals surface area contributed by atoms with Gasteiger partial charge in [-0.25, -0.2) is 0 Å². The van der Waals surface area contributed by atoms with Gasteiger partial charge >= 0.3 is 0 Å². The number of hydrogen-bond donors (Lipinski definition) is 0. The van der Waals surface area contributed by atoms with Gasteiger partial charge in [0.1, 0.15) is 17.8 Å². The Labute approximate surface area is 172 Å². The van der Waals surface area contributed by atoms with E-state index in [1.165, 1.54) is 5.56 Å². The average Bonchev–Trinajstić information content (AvgIpc) is 3.23. The molecule has 2 atom stereocenters. The van der Waals surface area contributed by atoms with Crippen molar-refractivity contribution in [1.82, 2.24) is 9.80 Å². The third kappa shape index (κ3) is 3.61. The van der Waals surface area contributed by atoms with E-state index in [0.29, 0.717) is 19.0 Å². The van der Waals surface area contributed by atoms with E-state index in [2.05, 4.69) is 26.0 Å². The third-order valence-corrected chi connectivity index (χ3v) is 6.08.